The molecule has 1 aromatic heterocycles. The quantitative estimate of drug-likeness (QED) is 0.825. The van der Waals surface area contributed by atoms with Crippen LogP contribution in [0.1, 0.15) is 38.3 Å². The average Bonchev–Trinajstić information content (AvgIpc) is 3.26. The lowest BCUT2D eigenvalue weighted by atomic mass is 9.90. The fraction of sp³-hybridized carbons (Fsp3) is 0.706. The topological polar surface area (TPSA) is 74.0 Å². The summed E-state index contributed by atoms with van der Waals surface area (Å²) in [5.74, 6) is 0.261. The molecule has 0 aromatic carbocycles. The molecule has 1 N–H and O–H groups in total. The molecule has 0 unspecified atom stereocenters. The number of carbonyl (C=O) groups excluding carboxylic acids is 1. The van der Waals surface area contributed by atoms with E-state index < -0.39 is 5.60 Å². The number of rotatable bonds is 3. The predicted molar refractivity (Wildman–Crippen MR) is 97.6 cm³/mol. The van der Waals surface area contributed by atoms with Crippen molar-refractivity contribution in [3.8, 4) is 0 Å². The van der Waals surface area contributed by atoms with Crippen molar-refractivity contribution in [3.63, 3.8) is 0 Å². The Morgan fingerprint density at radius 2 is 2.00 bits per heavy atom. The maximum absolute atomic E-state index is 12.5. The first-order valence-corrected chi connectivity index (χ1v) is 9.60. The lowest BCUT2D eigenvalue weighted by Crippen LogP contribution is -2.53. The largest absolute Gasteiger partial charge is 0.388 e. The first-order chi connectivity index (χ1) is 11.8. The minimum Gasteiger partial charge on any atom is -0.388 e. The highest BCUT2D eigenvalue weighted by atomic mass is 79.9. The summed E-state index contributed by atoms with van der Waals surface area (Å²) in [6.45, 7) is 4.47. The van der Waals surface area contributed by atoms with Gasteiger partial charge in [-0.15, -0.1) is 0 Å². The Kier molecular flexibility index (Phi) is 3.95. The van der Waals surface area contributed by atoms with E-state index in [1.54, 1.807) is 11.0 Å². The van der Waals surface area contributed by atoms with Gasteiger partial charge in [-0.3, -0.25) is 9.48 Å². The smallest absolute Gasteiger partial charge is 0.228 e. The second kappa shape index (κ2) is 5.81. The van der Waals surface area contributed by atoms with Crippen LogP contribution in [0.5, 0.6) is 0 Å². The maximum Gasteiger partial charge on any atom is 0.228 e. The summed E-state index contributed by atoms with van der Waals surface area (Å²) < 4.78 is 2.64. The number of likely N-dealkylation sites (tertiary alicyclic amines) is 1. The molecule has 1 amide bonds. The van der Waals surface area contributed by atoms with Crippen LogP contribution in [-0.4, -0.2) is 62.2 Å². The Labute approximate surface area is 155 Å². The van der Waals surface area contributed by atoms with Gasteiger partial charge in [0.05, 0.1) is 18.5 Å². The van der Waals surface area contributed by atoms with Gasteiger partial charge in [0, 0.05) is 32.1 Å². The van der Waals surface area contributed by atoms with Gasteiger partial charge in [-0.05, 0) is 41.6 Å². The number of piperidine rings is 1. The number of hydrogen-bond donors (Lipinski definition) is 1. The number of aliphatic imine (C=N–C) groups is 1. The number of amides is 1. The maximum atomic E-state index is 12.5. The number of aromatic nitrogens is 2. The van der Waals surface area contributed by atoms with Crippen molar-refractivity contribution in [1.82, 2.24) is 19.6 Å². The number of aryl methyl sites for hydroxylation is 1. The molecular weight excluding hydrogens is 386 g/mol. The highest BCUT2D eigenvalue weighted by Gasteiger charge is 2.48. The summed E-state index contributed by atoms with van der Waals surface area (Å²) in [5.41, 5.74) is 0.868. The molecule has 3 aliphatic rings. The van der Waals surface area contributed by atoms with Crippen molar-refractivity contribution in [2.45, 2.75) is 44.8 Å². The molecule has 25 heavy (non-hydrogen) atoms. The van der Waals surface area contributed by atoms with Crippen LogP contribution in [0.15, 0.2) is 9.60 Å². The minimum atomic E-state index is -0.781. The molecule has 4 rings (SSSR count). The molecule has 0 atom stereocenters. The first kappa shape index (κ1) is 17.0. The molecule has 1 aliphatic carbocycles. The minimum absolute atomic E-state index is 0.127. The highest BCUT2D eigenvalue weighted by Crippen LogP contribution is 2.47. The van der Waals surface area contributed by atoms with Crippen LogP contribution in [-0.2, 0) is 18.4 Å². The molecule has 1 aromatic rings. The monoisotopic (exact) mass is 409 g/mol. The van der Waals surface area contributed by atoms with Gasteiger partial charge >= 0.3 is 0 Å². The van der Waals surface area contributed by atoms with Crippen molar-refractivity contribution in [2.75, 3.05) is 19.6 Å². The first-order valence-electron chi connectivity index (χ1n) is 8.81. The summed E-state index contributed by atoms with van der Waals surface area (Å²) in [6, 6.07) is 0. The zero-order valence-corrected chi connectivity index (χ0v) is 16.3. The van der Waals surface area contributed by atoms with Crippen LogP contribution in [0, 0.1) is 5.41 Å². The van der Waals surface area contributed by atoms with Crippen LogP contribution in [0.2, 0.25) is 0 Å². The average molecular weight is 410 g/mol. The number of nitrogens with zero attached hydrogens (tertiary/aromatic N) is 5. The van der Waals surface area contributed by atoms with E-state index in [1.165, 1.54) is 0 Å². The molecule has 136 valence electrons. The Bertz CT molecular complexity index is 732. The van der Waals surface area contributed by atoms with E-state index in [9.17, 15) is 9.90 Å². The van der Waals surface area contributed by atoms with E-state index in [2.05, 4.69) is 26.0 Å². The number of aliphatic hydroxyl groups is 1. The van der Waals surface area contributed by atoms with Crippen LogP contribution in [0.25, 0.3) is 0 Å². The SMILES string of the molecule is Cn1nc2c(c1Br)N=CN(CC1(O)CCN(C(=O)C3(C)CC3)CC1)C2. The van der Waals surface area contributed by atoms with E-state index in [-0.39, 0.29) is 11.3 Å². The van der Waals surface area contributed by atoms with Crippen LogP contribution in [0.3, 0.4) is 0 Å². The number of hydrogen-bond acceptors (Lipinski definition) is 5. The summed E-state index contributed by atoms with van der Waals surface area (Å²) in [4.78, 5) is 20.9. The van der Waals surface area contributed by atoms with Gasteiger partial charge in [0.1, 0.15) is 16.0 Å². The van der Waals surface area contributed by atoms with Gasteiger partial charge < -0.3 is 14.9 Å². The second-order valence-electron chi connectivity index (χ2n) is 7.94. The molecule has 0 radical (unpaired) electrons. The summed E-state index contributed by atoms with van der Waals surface area (Å²) in [7, 11) is 1.88. The van der Waals surface area contributed by atoms with E-state index >= 15 is 0 Å². The fourth-order valence-electron chi connectivity index (χ4n) is 3.69. The van der Waals surface area contributed by atoms with E-state index in [1.807, 2.05) is 23.8 Å². The second-order valence-corrected chi connectivity index (χ2v) is 8.69. The van der Waals surface area contributed by atoms with Crippen LogP contribution in [0.4, 0.5) is 5.69 Å². The number of fused-ring (bicyclic) bond motifs is 1. The third-order valence-corrected chi connectivity index (χ3v) is 6.61. The molecule has 8 heteroatoms. The Hall–Kier alpha value is -1.41. The van der Waals surface area contributed by atoms with E-state index in [4.69, 9.17) is 0 Å². The molecular formula is C17H24BrN5O2. The Morgan fingerprint density at radius 3 is 2.64 bits per heavy atom. The van der Waals surface area contributed by atoms with E-state index in [0.717, 1.165) is 28.8 Å². The molecule has 7 nitrogen and oxygen atoms in total. The van der Waals surface area contributed by atoms with Crippen molar-refractivity contribution in [3.05, 3.63) is 10.3 Å². The van der Waals surface area contributed by atoms with E-state index in [0.29, 0.717) is 39.0 Å². The molecule has 2 fully saturated rings. The molecule has 2 aliphatic heterocycles. The number of β-amino-alcohol motifs (C(OH)–C–C–N with tert-alkyl or cyclic N) is 1. The van der Waals surface area contributed by atoms with Gasteiger partial charge in [0.2, 0.25) is 5.91 Å². The third-order valence-electron chi connectivity index (χ3n) is 5.72. The molecule has 1 saturated carbocycles. The summed E-state index contributed by atoms with van der Waals surface area (Å²) >= 11 is 3.49. The van der Waals surface area contributed by atoms with Gasteiger partial charge in [-0.2, -0.15) is 5.10 Å². The predicted octanol–water partition coefficient (Wildman–Crippen LogP) is 1.81. The van der Waals surface area contributed by atoms with Crippen molar-refractivity contribution in [1.29, 1.82) is 0 Å². The van der Waals surface area contributed by atoms with Crippen LogP contribution >= 0.6 is 15.9 Å². The third kappa shape index (κ3) is 3.10. The number of carbonyl (C=O) groups is 1. The highest BCUT2D eigenvalue weighted by molar-refractivity contribution is 9.10. The van der Waals surface area contributed by atoms with Crippen LogP contribution < -0.4 is 0 Å². The lowest BCUT2D eigenvalue weighted by molar-refractivity contribution is -0.141. The molecule has 3 heterocycles. The Morgan fingerprint density at radius 1 is 1.32 bits per heavy atom. The van der Waals surface area contributed by atoms with Crippen molar-refractivity contribution < 1.29 is 9.90 Å². The van der Waals surface area contributed by atoms with Crippen molar-refractivity contribution in [2.24, 2.45) is 17.5 Å². The van der Waals surface area contributed by atoms with Gasteiger partial charge in [-0.25, -0.2) is 4.99 Å². The van der Waals surface area contributed by atoms with Gasteiger partial charge in [-0.1, -0.05) is 6.92 Å². The molecule has 0 bridgehead atoms. The zero-order valence-electron chi connectivity index (χ0n) is 14.7. The molecule has 0 spiro atoms. The standard InChI is InChI=1S/C17H24BrN5O2/c1-16(3-4-16)15(24)23-7-5-17(25,6-8-23)10-22-9-12-13(19-11-22)14(18)21(2)20-12/h11,25H,3-10H2,1-2H3. The summed E-state index contributed by atoms with van der Waals surface area (Å²) in [6.07, 6.45) is 5.00. The van der Waals surface area contributed by atoms with Gasteiger partial charge in [0.15, 0.2) is 0 Å². The number of halogens is 1. The van der Waals surface area contributed by atoms with Crippen molar-refractivity contribution >= 4 is 33.9 Å². The van der Waals surface area contributed by atoms with Gasteiger partial charge in [0.25, 0.3) is 0 Å². The lowest BCUT2D eigenvalue weighted by Gasteiger charge is -2.41. The Balaban J connectivity index is 1.36. The molecule has 1 saturated heterocycles. The fourth-order valence-corrected chi connectivity index (χ4v) is 4.10. The normalized spacial score (nSPS) is 23.5. The summed E-state index contributed by atoms with van der Waals surface area (Å²) in [5, 5.41) is 15.4. The zero-order chi connectivity index (χ0) is 17.8.